The van der Waals surface area contributed by atoms with Gasteiger partial charge < -0.3 is 4.18 Å². The van der Waals surface area contributed by atoms with Crippen molar-refractivity contribution in [3.63, 3.8) is 0 Å². The molecular formula is C18H30O3S. The fourth-order valence-electron chi connectivity index (χ4n) is 2.44. The van der Waals surface area contributed by atoms with E-state index >= 15 is 0 Å². The monoisotopic (exact) mass is 326 g/mol. The molecule has 0 aliphatic carbocycles. The van der Waals surface area contributed by atoms with E-state index in [2.05, 4.69) is 6.92 Å². The summed E-state index contributed by atoms with van der Waals surface area (Å²) in [5.74, 6) is 0.476. The van der Waals surface area contributed by atoms with Gasteiger partial charge in [0.1, 0.15) is 5.75 Å². The lowest BCUT2D eigenvalue weighted by Crippen LogP contribution is -2.12. The molecule has 0 fully saturated rings. The Labute approximate surface area is 136 Å². The van der Waals surface area contributed by atoms with Crippen LogP contribution in [0.25, 0.3) is 0 Å². The third kappa shape index (κ3) is 8.42. The molecule has 0 aliphatic heterocycles. The number of benzene rings is 1. The zero-order valence-electron chi connectivity index (χ0n) is 14.0. The molecule has 0 amide bonds. The smallest absolute Gasteiger partial charge is 0.309 e. The number of hydrogen-bond acceptors (Lipinski definition) is 3. The maximum atomic E-state index is 11.6. The van der Waals surface area contributed by atoms with Crippen LogP contribution < -0.4 is 4.18 Å². The van der Waals surface area contributed by atoms with Gasteiger partial charge in [-0.25, -0.2) is 0 Å². The summed E-state index contributed by atoms with van der Waals surface area (Å²) in [6, 6.07) is 7.44. The second-order valence-electron chi connectivity index (χ2n) is 5.86. The molecule has 0 atom stereocenters. The van der Waals surface area contributed by atoms with Crippen LogP contribution in [0.5, 0.6) is 5.75 Å². The molecule has 126 valence electrons. The van der Waals surface area contributed by atoms with Crippen LogP contribution >= 0.6 is 0 Å². The highest BCUT2D eigenvalue weighted by Crippen LogP contribution is 2.17. The highest BCUT2D eigenvalue weighted by Gasteiger charge is 2.10. The molecular weight excluding hydrogens is 296 g/mol. The van der Waals surface area contributed by atoms with E-state index in [4.69, 9.17) is 4.18 Å². The molecule has 1 aromatic rings. The summed E-state index contributed by atoms with van der Waals surface area (Å²) in [6.07, 6.45) is 10.7. The lowest BCUT2D eigenvalue weighted by Gasteiger charge is -2.07. The summed E-state index contributed by atoms with van der Waals surface area (Å²) in [5, 5.41) is 0. The first-order valence-electron chi connectivity index (χ1n) is 8.58. The van der Waals surface area contributed by atoms with Crippen molar-refractivity contribution >= 4 is 10.1 Å². The molecule has 0 spiro atoms. The number of hydrogen-bond donors (Lipinski definition) is 0. The average Bonchev–Trinajstić information content (AvgIpc) is 2.47. The largest absolute Gasteiger partial charge is 0.382 e. The van der Waals surface area contributed by atoms with Crippen molar-refractivity contribution in [1.29, 1.82) is 0 Å². The Kier molecular flexibility index (Phi) is 9.21. The minimum absolute atomic E-state index is 0.0623. The molecule has 0 N–H and O–H groups in total. The first-order valence-corrected chi connectivity index (χ1v) is 10.2. The first kappa shape index (κ1) is 19.0. The second kappa shape index (κ2) is 10.7. The Bertz CT molecular complexity index is 492. The molecule has 0 aliphatic rings. The minimum Gasteiger partial charge on any atom is -0.382 e. The molecule has 0 bridgehead atoms. The van der Waals surface area contributed by atoms with Crippen molar-refractivity contribution in [1.82, 2.24) is 0 Å². The molecule has 0 saturated heterocycles. The standard InChI is InChI=1S/C18H30O3S/c1-3-5-6-7-8-9-10-11-17-12-14-18(15-13-17)21-22(19,20)16-4-2/h12-15H,3-11,16H2,1-2H3. The number of unbranched alkanes of at least 4 members (excludes halogenated alkanes) is 6. The SMILES string of the molecule is CCCCCCCCCc1ccc(OS(=O)(=O)CCC)cc1. The molecule has 1 aromatic carbocycles. The maximum Gasteiger partial charge on any atom is 0.309 e. The van der Waals surface area contributed by atoms with E-state index in [1.807, 2.05) is 19.1 Å². The van der Waals surface area contributed by atoms with Crippen molar-refractivity contribution < 1.29 is 12.6 Å². The lowest BCUT2D eigenvalue weighted by atomic mass is 10.0. The van der Waals surface area contributed by atoms with Gasteiger partial charge in [-0.05, 0) is 37.0 Å². The summed E-state index contributed by atoms with van der Waals surface area (Å²) in [7, 11) is -3.43. The first-order chi connectivity index (χ1) is 10.6. The van der Waals surface area contributed by atoms with Gasteiger partial charge in [0.25, 0.3) is 0 Å². The van der Waals surface area contributed by atoms with Crippen molar-refractivity contribution in [2.45, 2.75) is 71.6 Å². The van der Waals surface area contributed by atoms with Gasteiger partial charge in [0.2, 0.25) is 0 Å². The fourth-order valence-corrected chi connectivity index (χ4v) is 3.42. The molecule has 4 heteroatoms. The molecule has 0 aromatic heterocycles. The van der Waals surface area contributed by atoms with Gasteiger partial charge in [-0.1, -0.05) is 64.5 Å². The van der Waals surface area contributed by atoms with E-state index < -0.39 is 10.1 Å². The summed E-state index contributed by atoms with van der Waals surface area (Å²) < 4.78 is 28.2. The van der Waals surface area contributed by atoms with Crippen molar-refractivity contribution in [3.05, 3.63) is 29.8 Å². The summed E-state index contributed by atoms with van der Waals surface area (Å²) >= 11 is 0. The van der Waals surface area contributed by atoms with E-state index in [1.165, 1.54) is 50.5 Å². The summed E-state index contributed by atoms with van der Waals surface area (Å²) in [4.78, 5) is 0. The van der Waals surface area contributed by atoms with E-state index in [9.17, 15) is 8.42 Å². The Hall–Kier alpha value is -1.03. The third-order valence-electron chi connectivity index (χ3n) is 3.67. The highest BCUT2D eigenvalue weighted by atomic mass is 32.2. The minimum atomic E-state index is -3.43. The van der Waals surface area contributed by atoms with Crippen LogP contribution in [0.3, 0.4) is 0 Å². The van der Waals surface area contributed by atoms with E-state index in [0.29, 0.717) is 12.2 Å². The van der Waals surface area contributed by atoms with Gasteiger partial charge >= 0.3 is 10.1 Å². The molecule has 0 heterocycles. The Balaban J connectivity index is 2.27. The molecule has 0 unspecified atom stereocenters. The summed E-state index contributed by atoms with van der Waals surface area (Å²) in [6.45, 7) is 4.06. The lowest BCUT2D eigenvalue weighted by molar-refractivity contribution is 0.485. The third-order valence-corrected chi connectivity index (χ3v) is 5.02. The van der Waals surface area contributed by atoms with Gasteiger partial charge in [-0.15, -0.1) is 0 Å². The van der Waals surface area contributed by atoms with Crippen LogP contribution in [0.15, 0.2) is 24.3 Å². The van der Waals surface area contributed by atoms with E-state index in [1.54, 1.807) is 12.1 Å². The van der Waals surface area contributed by atoms with Crippen LogP contribution in [0.1, 0.15) is 70.8 Å². The van der Waals surface area contributed by atoms with Gasteiger partial charge in [0.05, 0.1) is 5.75 Å². The molecule has 0 radical (unpaired) electrons. The van der Waals surface area contributed by atoms with Crippen LogP contribution in [-0.2, 0) is 16.5 Å². The van der Waals surface area contributed by atoms with Crippen molar-refractivity contribution in [2.75, 3.05) is 5.75 Å². The van der Waals surface area contributed by atoms with Crippen molar-refractivity contribution in [2.24, 2.45) is 0 Å². The molecule has 0 saturated carbocycles. The maximum absolute atomic E-state index is 11.6. The predicted octanol–water partition coefficient (Wildman–Crippen LogP) is 5.10. The molecule has 1 rings (SSSR count). The second-order valence-corrected chi connectivity index (χ2v) is 7.55. The Morgan fingerprint density at radius 3 is 2.00 bits per heavy atom. The normalized spacial score (nSPS) is 11.5. The van der Waals surface area contributed by atoms with Gasteiger partial charge in [0.15, 0.2) is 0 Å². The quantitative estimate of drug-likeness (QED) is 0.396. The van der Waals surface area contributed by atoms with Crippen LogP contribution in [0, 0.1) is 0 Å². The average molecular weight is 327 g/mol. The molecule has 3 nitrogen and oxygen atoms in total. The van der Waals surface area contributed by atoms with E-state index in [-0.39, 0.29) is 5.75 Å². The zero-order valence-corrected chi connectivity index (χ0v) is 14.8. The number of aryl methyl sites for hydroxylation is 1. The van der Waals surface area contributed by atoms with Crippen LogP contribution in [0.4, 0.5) is 0 Å². The highest BCUT2D eigenvalue weighted by molar-refractivity contribution is 7.87. The Morgan fingerprint density at radius 1 is 0.818 bits per heavy atom. The van der Waals surface area contributed by atoms with Crippen LogP contribution in [0.2, 0.25) is 0 Å². The van der Waals surface area contributed by atoms with Gasteiger partial charge in [-0.3, -0.25) is 0 Å². The van der Waals surface area contributed by atoms with Crippen molar-refractivity contribution in [3.8, 4) is 5.75 Å². The van der Waals surface area contributed by atoms with Gasteiger partial charge in [-0.2, -0.15) is 8.42 Å². The van der Waals surface area contributed by atoms with E-state index in [0.717, 1.165) is 6.42 Å². The van der Waals surface area contributed by atoms with Crippen LogP contribution in [-0.4, -0.2) is 14.2 Å². The number of rotatable bonds is 12. The fraction of sp³-hybridized carbons (Fsp3) is 0.667. The summed E-state index contributed by atoms with van der Waals surface area (Å²) in [5.41, 5.74) is 1.24. The van der Waals surface area contributed by atoms with Gasteiger partial charge in [0, 0.05) is 0 Å². The zero-order chi connectivity index (χ0) is 16.3. The topological polar surface area (TPSA) is 43.4 Å². The Morgan fingerprint density at radius 2 is 1.41 bits per heavy atom. The predicted molar refractivity (Wildman–Crippen MR) is 92.8 cm³/mol. The molecule has 22 heavy (non-hydrogen) atoms.